The smallest absolute Gasteiger partial charge is 0.128 e. The van der Waals surface area contributed by atoms with Crippen LogP contribution in [-0.4, -0.2) is 43.0 Å². The van der Waals surface area contributed by atoms with Gasteiger partial charge in [0.2, 0.25) is 0 Å². The Morgan fingerprint density at radius 1 is 1.40 bits per heavy atom. The van der Waals surface area contributed by atoms with E-state index < -0.39 is 0 Å². The molecule has 4 heteroatoms. The molecule has 2 saturated heterocycles. The monoisotopic (exact) mass is 276 g/mol. The number of hydrogen-bond donors (Lipinski definition) is 0. The topological polar surface area (TPSA) is 34.6 Å². The largest absolute Gasteiger partial charge is 0.376 e. The summed E-state index contributed by atoms with van der Waals surface area (Å²) < 4.78 is 11.8. The van der Waals surface area contributed by atoms with Gasteiger partial charge in [-0.1, -0.05) is 6.07 Å². The van der Waals surface area contributed by atoms with Gasteiger partial charge in [-0.3, -0.25) is 0 Å². The molecule has 1 aromatic rings. The fourth-order valence-electron chi connectivity index (χ4n) is 3.34. The molecule has 0 aliphatic carbocycles. The summed E-state index contributed by atoms with van der Waals surface area (Å²) in [7, 11) is 0. The number of anilines is 1. The van der Waals surface area contributed by atoms with Crippen LogP contribution in [0.3, 0.4) is 0 Å². The third kappa shape index (κ3) is 2.81. The van der Waals surface area contributed by atoms with Crippen molar-refractivity contribution >= 4 is 5.82 Å². The van der Waals surface area contributed by atoms with Crippen LogP contribution in [0.25, 0.3) is 0 Å². The minimum atomic E-state index is 0.0557. The standard InChI is InChI=1S/C16H24N2O2/c1-3-19-14-11-16(20-12-14)7-9-18(10-8-16)15-6-4-5-13(2)17-15/h4-6,14H,3,7-12H2,1-2H3. The van der Waals surface area contributed by atoms with Gasteiger partial charge in [0.25, 0.3) is 0 Å². The average molecular weight is 276 g/mol. The van der Waals surface area contributed by atoms with Crippen LogP contribution in [0, 0.1) is 6.92 Å². The highest BCUT2D eigenvalue weighted by molar-refractivity contribution is 5.40. The molecule has 0 bridgehead atoms. The van der Waals surface area contributed by atoms with E-state index in [0.29, 0.717) is 6.10 Å². The summed E-state index contributed by atoms with van der Waals surface area (Å²) in [5.74, 6) is 1.10. The number of pyridine rings is 1. The zero-order valence-corrected chi connectivity index (χ0v) is 12.5. The zero-order chi connectivity index (χ0) is 14.0. The minimum Gasteiger partial charge on any atom is -0.376 e. The summed E-state index contributed by atoms with van der Waals surface area (Å²) in [5.41, 5.74) is 1.14. The first-order valence-electron chi connectivity index (χ1n) is 7.65. The van der Waals surface area contributed by atoms with Crippen LogP contribution in [-0.2, 0) is 9.47 Å². The minimum absolute atomic E-state index is 0.0557. The first kappa shape index (κ1) is 13.8. The van der Waals surface area contributed by atoms with Gasteiger partial charge >= 0.3 is 0 Å². The van der Waals surface area contributed by atoms with Gasteiger partial charge in [0.15, 0.2) is 0 Å². The lowest BCUT2D eigenvalue weighted by molar-refractivity contribution is -0.0190. The van der Waals surface area contributed by atoms with Crippen molar-refractivity contribution in [3.8, 4) is 0 Å². The summed E-state index contributed by atoms with van der Waals surface area (Å²) in [6.45, 7) is 7.68. The lowest BCUT2D eigenvalue weighted by atomic mass is 9.88. The van der Waals surface area contributed by atoms with Crippen molar-refractivity contribution in [3.63, 3.8) is 0 Å². The maximum absolute atomic E-state index is 6.08. The molecule has 0 aromatic carbocycles. The van der Waals surface area contributed by atoms with Crippen molar-refractivity contribution in [1.82, 2.24) is 4.98 Å². The van der Waals surface area contributed by atoms with Crippen LogP contribution < -0.4 is 4.90 Å². The number of rotatable bonds is 3. The van der Waals surface area contributed by atoms with E-state index >= 15 is 0 Å². The Labute approximate surface area is 121 Å². The van der Waals surface area contributed by atoms with Gasteiger partial charge in [0, 0.05) is 31.8 Å². The number of nitrogens with zero attached hydrogens (tertiary/aromatic N) is 2. The van der Waals surface area contributed by atoms with Gasteiger partial charge in [0.1, 0.15) is 5.82 Å². The van der Waals surface area contributed by atoms with Crippen LogP contribution in [0.15, 0.2) is 18.2 Å². The molecule has 0 amide bonds. The molecule has 1 aromatic heterocycles. The van der Waals surface area contributed by atoms with Gasteiger partial charge in [-0.05, 0) is 38.8 Å². The van der Waals surface area contributed by atoms with Crippen molar-refractivity contribution in [2.24, 2.45) is 0 Å². The van der Waals surface area contributed by atoms with Crippen molar-refractivity contribution in [2.45, 2.75) is 44.8 Å². The van der Waals surface area contributed by atoms with Crippen molar-refractivity contribution in [2.75, 3.05) is 31.2 Å². The highest BCUT2D eigenvalue weighted by atomic mass is 16.6. The third-order valence-electron chi connectivity index (χ3n) is 4.45. The SMILES string of the molecule is CCOC1COC2(CCN(c3cccc(C)n3)CC2)C1. The van der Waals surface area contributed by atoms with Crippen LogP contribution in [0.1, 0.15) is 31.9 Å². The highest BCUT2D eigenvalue weighted by Gasteiger charge is 2.43. The number of aromatic nitrogens is 1. The summed E-state index contributed by atoms with van der Waals surface area (Å²) in [6, 6.07) is 6.23. The van der Waals surface area contributed by atoms with E-state index in [-0.39, 0.29) is 5.60 Å². The predicted octanol–water partition coefficient (Wildman–Crippen LogP) is 2.55. The quantitative estimate of drug-likeness (QED) is 0.850. The van der Waals surface area contributed by atoms with Crippen LogP contribution >= 0.6 is 0 Å². The molecule has 2 aliphatic rings. The van der Waals surface area contributed by atoms with E-state index in [9.17, 15) is 0 Å². The molecule has 3 heterocycles. The fourth-order valence-corrected chi connectivity index (χ4v) is 3.34. The molecular formula is C16H24N2O2. The fraction of sp³-hybridized carbons (Fsp3) is 0.688. The van der Waals surface area contributed by atoms with Gasteiger partial charge in [-0.25, -0.2) is 4.98 Å². The van der Waals surface area contributed by atoms with Crippen molar-refractivity contribution in [1.29, 1.82) is 0 Å². The van der Waals surface area contributed by atoms with Gasteiger partial charge < -0.3 is 14.4 Å². The molecule has 0 saturated carbocycles. The molecule has 2 aliphatic heterocycles. The van der Waals surface area contributed by atoms with Crippen molar-refractivity contribution < 1.29 is 9.47 Å². The summed E-state index contributed by atoms with van der Waals surface area (Å²) in [6.07, 6.45) is 3.50. The Morgan fingerprint density at radius 3 is 2.90 bits per heavy atom. The second kappa shape index (κ2) is 5.70. The number of piperidine rings is 1. The van der Waals surface area contributed by atoms with E-state index in [0.717, 1.165) is 57.1 Å². The molecule has 20 heavy (non-hydrogen) atoms. The van der Waals surface area contributed by atoms with Gasteiger partial charge in [-0.15, -0.1) is 0 Å². The molecule has 3 rings (SSSR count). The van der Waals surface area contributed by atoms with Gasteiger partial charge in [0.05, 0.1) is 18.3 Å². The molecule has 1 atom stereocenters. The lowest BCUT2D eigenvalue weighted by Crippen LogP contribution is -2.44. The van der Waals surface area contributed by atoms with Crippen LogP contribution in [0.5, 0.6) is 0 Å². The van der Waals surface area contributed by atoms with Crippen LogP contribution in [0.2, 0.25) is 0 Å². The Balaban J connectivity index is 1.60. The molecule has 110 valence electrons. The lowest BCUT2D eigenvalue weighted by Gasteiger charge is -2.39. The van der Waals surface area contributed by atoms with E-state index in [4.69, 9.17) is 9.47 Å². The Kier molecular flexibility index (Phi) is 3.94. The molecule has 0 radical (unpaired) electrons. The highest BCUT2D eigenvalue weighted by Crippen LogP contribution is 2.37. The van der Waals surface area contributed by atoms with Crippen molar-refractivity contribution in [3.05, 3.63) is 23.9 Å². The van der Waals surface area contributed by atoms with E-state index in [1.807, 2.05) is 13.0 Å². The Morgan fingerprint density at radius 2 is 2.20 bits per heavy atom. The Bertz CT molecular complexity index is 456. The summed E-state index contributed by atoms with van der Waals surface area (Å²) in [5, 5.41) is 0. The second-order valence-electron chi connectivity index (χ2n) is 5.90. The van der Waals surface area contributed by atoms with Crippen LogP contribution in [0.4, 0.5) is 5.82 Å². The van der Waals surface area contributed by atoms with Gasteiger partial charge in [-0.2, -0.15) is 0 Å². The third-order valence-corrected chi connectivity index (χ3v) is 4.45. The first-order valence-corrected chi connectivity index (χ1v) is 7.65. The molecule has 1 unspecified atom stereocenters. The molecule has 0 N–H and O–H groups in total. The predicted molar refractivity (Wildman–Crippen MR) is 79.1 cm³/mol. The summed E-state index contributed by atoms with van der Waals surface area (Å²) >= 11 is 0. The Hall–Kier alpha value is -1.13. The molecule has 1 spiro atoms. The second-order valence-corrected chi connectivity index (χ2v) is 5.90. The van der Waals surface area contributed by atoms with E-state index in [1.165, 1.54) is 0 Å². The number of aryl methyl sites for hydroxylation is 1. The zero-order valence-electron chi connectivity index (χ0n) is 12.5. The molecule has 4 nitrogen and oxygen atoms in total. The van der Waals surface area contributed by atoms with E-state index in [2.05, 4.69) is 28.9 Å². The first-order chi connectivity index (χ1) is 9.71. The average Bonchev–Trinajstić information content (AvgIpc) is 2.83. The number of ether oxygens (including phenoxy) is 2. The summed E-state index contributed by atoms with van der Waals surface area (Å²) in [4.78, 5) is 6.99. The maximum atomic E-state index is 6.08. The number of hydrogen-bond acceptors (Lipinski definition) is 4. The normalized spacial score (nSPS) is 25.3. The maximum Gasteiger partial charge on any atom is 0.128 e. The molecule has 2 fully saturated rings. The van der Waals surface area contributed by atoms with E-state index in [1.54, 1.807) is 0 Å². The molecular weight excluding hydrogens is 252 g/mol.